The molecule has 1 saturated carbocycles. The molecule has 3 rings (SSSR count). The van der Waals surface area contributed by atoms with E-state index in [2.05, 4.69) is 45.2 Å². The summed E-state index contributed by atoms with van der Waals surface area (Å²) >= 11 is 3.42. The number of aromatic nitrogens is 2. The molecule has 1 N–H and O–H groups in total. The van der Waals surface area contributed by atoms with E-state index < -0.39 is 0 Å². The van der Waals surface area contributed by atoms with Crippen LogP contribution in [0.15, 0.2) is 33.3 Å². The van der Waals surface area contributed by atoms with Gasteiger partial charge in [0.1, 0.15) is 6.04 Å². The van der Waals surface area contributed by atoms with E-state index in [9.17, 15) is 4.79 Å². The fourth-order valence-electron chi connectivity index (χ4n) is 2.70. The Labute approximate surface area is 150 Å². The topological polar surface area (TPSA) is 68.0 Å². The molecule has 1 heterocycles. The van der Waals surface area contributed by atoms with Crippen LogP contribution in [0, 0.1) is 11.8 Å². The molecule has 128 valence electrons. The molecule has 6 heteroatoms. The van der Waals surface area contributed by atoms with Gasteiger partial charge in [-0.3, -0.25) is 4.79 Å². The maximum atomic E-state index is 12.3. The monoisotopic (exact) mass is 391 g/mol. The number of rotatable bonds is 6. The van der Waals surface area contributed by atoms with E-state index in [1.165, 1.54) is 0 Å². The Morgan fingerprint density at radius 2 is 2.08 bits per heavy atom. The first-order valence-electron chi connectivity index (χ1n) is 8.48. The molecule has 1 amide bonds. The van der Waals surface area contributed by atoms with Crippen molar-refractivity contribution in [2.75, 3.05) is 0 Å². The van der Waals surface area contributed by atoms with Crippen molar-refractivity contribution in [3.8, 4) is 11.4 Å². The van der Waals surface area contributed by atoms with Gasteiger partial charge in [-0.05, 0) is 43.0 Å². The van der Waals surface area contributed by atoms with Crippen molar-refractivity contribution in [1.82, 2.24) is 15.5 Å². The number of nitrogens with zero attached hydrogens (tertiary/aromatic N) is 2. The lowest BCUT2D eigenvalue weighted by Gasteiger charge is -2.28. The van der Waals surface area contributed by atoms with Crippen molar-refractivity contribution in [2.24, 2.45) is 11.8 Å². The summed E-state index contributed by atoms with van der Waals surface area (Å²) in [5.74, 6) is 1.51. The van der Waals surface area contributed by atoms with Gasteiger partial charge < -0.3 is 9.84 Å². The van der Waals surface area contributed by atoms with Crippen LogP contribution < -0.4 is 5.32 Å². The van der Waals surface area contributed by atoms with Crippen LogP contribution in [0.4, 0.5) is 0 Å². The largest absolute Gasteiger partial charge is 0.344 e. The van der Waals surface area contributed by atoms with Crippen molar-refractivity contribution in [1.29, 1.82) is 0 Å². The van der Waals surface area contributed by atoms with Gasteiger partial charge in [-0.15, -0.1) is 0 Å². The van der Waals surface area contributed by atoms with E-state index in [4.69, 9.17) is 4.52 Å². The second-order valence-electron chi connectivity index (χ2n) is 6.46. The van der Waals surface area contributed by atoms with Gasteiger partial charge in [0.2, 0.25) is 17.6 Å². The van der Waals surface area contributed by atoms with E-state index in [0.29, 0.717) is 11.7 Å². The number of hydrogen-bond acceptors (Lipinski definition) is 4. The Bertz CT molecular complexity index is 695. The van der Waals surface area contributed by atoms with Gasteiger partial charge in [-0.25, -0.2) is 0 Å². The molecule has 0 radical (unpaired) electrons. The second-order valence-corrected chi connectivity index (χ2v) is 7.38. The molecular weight excluding hydrogens is 370 g/mol. The smallest absolute Gasteiger partial charge is 0.249 e. The fraction of sp³-hybridized carbons (Fsp3) is 0.500. The quantitative estimate of drug-likeness (QED) is 0.786. The molecule has 1 fully saturated rings. The van der Waals surface area contributed by atoms with Crippen LogP contribution in [0.2, 0.25) is 0 Å². The molecule has 1 aromatic heterocycles. The highest BCUT2D eigenvalue weighted by Crippen LogP contribution is 2.30. The standard InChI is InChI=1S/C18H22BrN3O2/c1-3-11(2)15(20-17(23)13-5-4-6-13)18-21-16(22-24-18)12-7-9-14(19)10-8-12/h7-11,13,15H,3-6H2,1-2H3,(H,20,23)/t11-,15-/m0/s1. The molecule has 2 atom stereocenters. The fourth-order valence-corrected chi connectivity index (χ4v) is 2.97. The number of carbonyl (C=O) groups is 1. The number of hydrogen-bond donors (Lipinski definition) is 1. The van der Waals surface area contributed by atoms with Gasteiger partial charge in [-0.2, -0.15) is 4.98 Å². The summed E-state index contributed by atoms with van der Waals surface area (Å²) in [5, 5.41) is 7.20. The number of nitrogens with one attached hydrogen (secondary N) is 1. The van der Waals surface area contributed by atoms with E-state index in [0.717, 1.165) is 35.7 Å². The predicted molar refractivity (Wildman–Crippen MR) is 95.1 cm³/mol. The van der Waals surface area contributed by atoms with E-state index >= 15 is 0 Å². The third-order valence-corrected chi connectivity index (χ3v) is 5.33. The maximum absolute atomic E-state index is 12.3. The molecular formula is C18H22BrN3O2. The Morgan fingerprint density at radius 3 is 2.67 bits per heavy atom. The van der Waals surface area contributed by atoms with Crippen LogP contribution in [-0.4, -0.2) is 16.0 Å². The molecule has 0 unspecified atom stereocenters. The van der Waals surface area contributed by atoms with Crippen LogP contribution in [-0.2, 0) is 4.79 Å². The molecule has 0 bridgehead atoms. The zero-order valence-corrected chi connectivity index (χ0v) is 15.5. The van der Waals surface area contributed by atoms with Crippen molar-refractivity contribution in [3.05, 3.63) is 34.6 Å². The molecule has 2 aromatic rings. The highest BCUT2D eigenvalue weighted by atomic mass is 79.9. The van der Waals surface area contributed by atoms with Gasteiger partial charge in [0.25, 0.3) is 0 Å². The van der Waals surface area contributed by atoms with Crippen molar-refractivity contribution < 1.29 is 9.32 Å². The van der Waals surface area contributed by atoms with Gasteiger partial charge in [0.15, 0.2) is 0 Å². The number of benzene rings is 1. The number of amides is 1. The van der Waals surface area contributed by atoms with Crippen molar-refractivity contribution >= 4 is 21.8 Å². The Hall–Kier alpha value is -1.69. The Balaban J connectivity index is 1.79. The summed E-state index contributed by atoms with van der Waals surface area (Å²) in [6.07, 6.45) is 4.02. The SMILES string of the molecule is CC[C@H](C)[C@H](NC(=O)C1CCC1)c1nc(-c2ccc(Br)cc2)no1. The van der Waals surface area contributed by atoms with E-state index in [1.807, 2.05) is 24.3 Å². The first-order valence-corrected chi connectivity index (χ1v) is 9.27. The van der Waals surface area contributed by atoms with Crippen LogP contribution >= 0.6 is 15.9 Å². The summed E-state index contributed by atoms with van der Waals surface area (Å²) < 4.78 is 6.48. The molecule has 1 aliphatic carbocycles. The third-order valence-electron chi connectivity index (χ3n) is 4.80. The van der Waals surface area contributed by atoms with Crippen molar-refractivity contribution in [2.45, 2.75) is 45.6 Å². The van der Waals surface area contributed by atoms with Crippen LogP contribution in [0.1, 0.15) is 51.5 Å². The van der Waals surface area contributed by atoms with Gasteiger partial charge in [0, 0.05) is 16.0 Å². The molecule has 0 aliphatic heterocycles. The minimum atomic E-state index is -0.236. The lowest BCUT2D eigenvalue weighted by molar-refractivity contribution is -0.128. The van der Waals surface area contributed by atoms with Crippen LogP contribution in [0.3, 0.4) is 0 Å². The minimum Gasteiger partial charge on any atom is -0.344 e. The summed E-state index contributed by atoms with van der Waals surface area (Å²) in [5.41, 5.74) is 0.890. The lowest BCUT2D eigenvalue weighted by Crippen LogP contribution is -2.39. The highest BCUT2D eigenvalue weighted by molar-refractivity contribution is 9.10. The average Bonchev–Trinajstić information content (AvgIpc) is 3.00. The molecule has 1 aromatic carbocycles. The minimum absolute atomic E-state index is 0.106. The van der Waals surface area contributed by atoms with E-state index in [1.54, 1.807) is 0 Å². The second kappa shape index (κ2) is 7.47. The average molecular weight is 392 g/mol. The molecule has 1 aliphatic rings. The van der Waals surface area contributed by atoms with E-state index in [-0.39, 0.29) is 23.8 Å². The van der Waals surface area contributed by atoms with Crippen molar-refractivity contribution in [3.63, 3.8) is 0 Å². The Kier molecular flexibility index (Phi) is 5.33. The Morgan fingerprint density at radius 1 is 1.38 bits per heavy atom. The zero-order valence-electron chi connectivity index (χ0n) is 14.0. The molecule has 0 spiro atoms. The summed E-state index contributed by atoms with van der Waals surface area (Å²) in [7, 11) is 0. The van der Waals surface area contributed by atoms with Gasteiger partial charge in [0.05, 0.1) is 0 Å². The first-order chi connectivity index (χ1) is 11.6. The highest BCUT2D eigenvalue weighted by Gasteiger charge is 2.31. The van der Waals surface area contributed by atoms with Crippen LogP contribution in [0.5, 0.6) is 0 Å². The maximum Gasteiger partial charge on any atom is 0.249 e. The molecule has 5 nitrogen and oxygen atoms in total. The summed E-state index contributed by atoms with van der Waals surface area (Å²) in [4.78, 5) is 16.9. The van der Waals surface area contributed by atoms with Crippen LogP contribution in [0.25, 0.3) is 11.4 Å². The molecule has 0 saturated heterocycles. The zero-order chi connectivity index (χ0) is 17.1. The number of halogens is 1. The number of carbonyl (C=O) groups excluding carboxylic acids is 1. The molecule has 24 heavy (non-hydrogen) atoms. The van der Waals surface area contributed by atoms with Gasteiger partial charge >= 0.3 is 0 Å². The van der Waals surface area contributed by atoms with Gasteiger partial charge in [-0.1, -0.05) is 47.8 Å². The summed E-state index contributed by atoms with van der Waals surface area (Å²) in [6.45, 7) is 4.19. The summed E-state index contributed by atoms with van der Waals surface area (Å²) in [6, 6.07) is 7.51. The predicted octanol–water partition coefficient (Wildman–Crippen LogP) is 4.50. The first kappa shape index (κ1) is 17.1. The lowest BCUT2D eigenvalue weighted by atomic mass is 9.84. The normalized spacial score (nSPS) is 17.1. The third kappa shape index (κ3) is 3.69.